The highest BCUT2D eigenvalue weighted by Gasteiger charge is 2.11. The van der Waals surface area contributed by atoms with Crippen LogP contribution < -0.4 is 15.4 Å². The number of hydrogen-bond acceptors (Lipinski definition) is 2. The van der Waals surface area contributed by atoms with E-state index in [1.165, 1.54) is 5.56 Å². The SMILES string of the molecule is CCNC(=NCCCCOc1ccc(C)cc1)NC1CC=CC1. The Morgan fingerprint density at radius 2 is 1.91 bits per heavy atom. The summed E-state index contributed by atoms with van der Waals surface area (Å²) in [4.78, 5) is 4.64. The van der Waals surface area contributed by atoms with Crippen molar-refractivity contribution in [3.05, 3.63) is 42.0 Å². The predicted molar refractivity (Wildman–Crippen MR) is 97.2 cm³/mol. The number of hydrogen-bond donors (Lipinski definition) is 2. The van der Waals surface area contributed by atoms with Crippen molar-refractivity contribution in [3.8, 4) is 5.75 Å². The van der Waals surface area contributed by atoms with Gasteiger partial charge in [-0.25, -0.2) is 0 Å². The summed E-state index contributed by atoms with van der Waals surface area (Å²) in [5.74, 6) is 1.88. The number of rotatable bonds is 8. The van der Waals surface area contributed by atoms with Crippen LogP contribution in [-0.2, 0) is 0 Å². The zero-order chi connectivity index (χ0) is 16.3. The van der Waals surface area contributed by atoms with Crippen molar-refractivity contribution in [2.75, 3.05) is 19.7 Å². The lowest BCUT2D eigenvalue weighted by Gasteiger charge is -2.16. The predicted octanol–water partition coefficient (Wildman–Crippen LogP) is 3.43. The molecule has 1 aliphatic rings. The minimum absolute atomic E-state index is 0.498. The molecule has 0 spiro atoms. The first-order valence-electron chi connectivity index (χ1n) is 8.67. The normalized spacial score (nSPS) is 15.0. The average molecular weight is 315 g/mol. The molecule has 4 heteroatoms. The Bertz CT molecular complexity index is 500. The summed E-state index contributed by atoms with van der Waals surface area (Å²) in [7, 11) is 0. The number of ether oxygens (including phenoxy) is 1. The van der Waals surface area contributed by atoms with E-state index in [-0.39, 0.29) is 0 Å². The highest BCUT2D eigenvalue weighted by molar-refractivity contribution is 5.80. The van der Waals surface area contributed by atoms with Gasteiger partial charge in [-0.2, -0.15) is 0 Å². The number of aryl methyl sites for hydroxylation is 1. The fourth-order valence-corrected chi connectivity index (χ4v) is 2.48. The van der Waals surface area contributed by atoms with E-state index in [1.807, 2.05) is 12.1 Å². The minimum atomic E-state index is 0.498. The van der Waals surface area contributed by atoms with Crippen molar-refractivity contribution >= 4 is 5.96 Å². The van der Waals surface area contributed by atoms with Crippen molar-refractivity contribution in [1.29, 1.82) is 0 Å². The van der Waals surface area contributed by atoms with Crippen LogP contribution in [0.25, 0.3) is 0 Å². The second-order valence-corrected chi connectivity index (χ2v) is 5.91. The zero-order valence-electron chi connectivity index (χ0n) is 14.3. The van der Waals surface area contributed by atoms with Crippen molar-refractivity contribution in [2.45, 2.75) is 45.6 Å². The Morgan fingerprint density at radius 1 is 1.17 bits per heavy atom. The van der Waals surface area contributed by atoms with Crippen LogP contribution in [0.4, 0.5) is 0 Å². The molecule has 0 bridgehead atoms. The highest BCUT2D eigenvalue weighted by Crippen LogP contribution is 2.12. The van der Waals surface area contributed by atoms with Gasteiger partial charge >= 0.3 is 0 Å². The van der Waals surface area contributed by atoms with E-state index in [1.54, 1.807) is 0 Å². The maximum absolute atomic E-state index is 5.74. The minimum Gasteiger partial charge on any atom is -0.494 e. The molecular weight excluding hydrogens is 286 g/mol. The van der Waals surface area contributed by atoms with Gasteiger partial charge in [0.05, 0.1) is 6.61 Å². The summed E-state index contributed by atoms with van der Waals surface area (Å²) in [5, 5.41) is 6.80. The van der Waals surface area contributed by atoms with E-state index >= 15 is 0 Å². The number of nitrogens with one attached hydrogen (secondary N) is 2. The molecule has 0 amide bonds. The van der Waals surface area contributed by atoms with E-state index in [9.17, 15) is 0 Å². The monoisotopic (exact) mass is 315 g/mol. The highest BCUT2D eigenvalue weighted by atomic mass is 16.5. The first kappa shape index (κ1) is 17.4. The molecule has 0 aliphatic heterocycles. The number of guanidine groups is 1. The van der Waals surface area contributed by atoms with Crippen LogP contribution in [0.3, 0.4) is 0 Å². The van der Waals surface area contributed by atoms with Crippen molar-refractivity contribution in [3.63, 3.8) is 0 Å². The summed E-state index contributed by atoms with van der Waals surface area (Å²) < 4.78 is 5.74. The average Bonchev–Trinajstić information content (AvgIpc) is 3.05. The van der Waals surface area contributed by atoms with Gasteiger partial charge in [-0.3, -0.25) is 4.99 Å². The zero-order valence-corrected chi connectivity index (χ0v) is 14.3. The number of aliphatic imine (C=N–C) groups is 1. The summed E-state index contributed by atoms with van der Waals surface area (Å²) >= 11 is 0. The molecule has 1 aliphatic carbocycles. The van der Waals surface area contributed by atoms with Gasteiger partial charge in [0.25, 0.3) is 0 Å². The quantitative estimate of drug-likeness (QED) is 0.334. The Hall–Kier alpha value is -1.97. The standard InChI is InChI=1S/C19H29N3O/c1-3-20-19(22-17-8-4-5-9-17)21-14-6-7-15-23-18-12-10-16(2)11-13-18/h4-5,10-13,17H,3,6-9,14-15H2,1-2H3,(H2,20,21,22). The van der Waals surface area contributed by atoms with E-state index in [4.69, 9.17) is 4.74 Å². The molecule has 0 fully saturated rings. The Morgan fingerprint density at radius 3 is 2.61 bits per heavy atom. The summed E-state index contributed by atoms with van der Waals surface area (Å²) in [6, 6.07) is 8.70. The molecule has 0 unspecified atom stereocenters. The van der Waals surface area contributed by atoms with Gasteiger partial charge in [0, 0.05) is 19.1 Å². The number of nitrogens with zero attached hydrogens (tertiary/aromatic N) is 1. The smallest absolute Gasteiger partial charge is 0.191 e. The van der Waals surface area contributed by atoms with Gasteiger partial charge in [-0.15, -0.1) is 0 Å². The van der Waals surface area contributed by atoms with Crippen LogP contribution in [0.1, 0.15) is 38.2 Å². The summed E-state index contributed by atoms with van der Waals surface area (Å²) in [6.07, 6.45) is 8.68. The Labute approximate surface area is 140 Å². The van der Waals surface area contributed by atoms with Crippen molar-refractivity contribution < 1.29 is 4.74 Å². The van der Waals surface area contributed by atoms with Crippen LogP contribution in [-0.4, -0.2) is 31.7 Å². The van der Waals surface area contributed by atoms with Gasteiger partial charge in [-0.05, 0) is 51.7 Å². The third-order valence-electron chi connectivity index (χ3n) is 3.81. The van der Waals surface area contributed by atoms with E-state index < -0.39 is 0 Å². The molecule has 2 N–H and O–H groups in total. The van der Waals surface area contributed by atoms with E-state index in [0.29, 0.717) is 6.04 Å². The second-order valence-electron chi connectivity index (χ2n) is 5.91. The third kappa shape index (κ3) is 6.76. The van der Waals surface area contributed by atoms with Gasteiger partial charge in [0.1, 0.15) is 5.75 Å². The molecule has 0 radical (unpaired) electrons. The molecule has 0 saturated heterocycles. The van der Waals surface area contributed by atoms with Gasteiger partial charge < -0.3 is 15.4 Å². The molecule has 0 saturated carbocycles. The fourth-order valence-electron chi connectivity index (χ4n) is 2.48. The van der Waals surface area contributed by atoms with E-state index in [2.05, 4.69) is 53.8 Å². The molecule has 126 valence electrons. The third-order valence-corrected chi connectivity index (χ3v) is 3.81. The van der Waals surface area contributed by atoms with Gasteiger partial charge in [0.2, 0.25) is 0 Å². The topological polar surface area (TPSA) is 45.7 Å². The second kappa shape index (κ2) is 9.93. The van der Waals surface area contributed by atoms with E-state index in [0.717, 1.165) is 57.1 Å². The number of benzene rings is 1. The van der Waals surface area contributed by atoms with Crippen molar-refractivity contribution in [2.24, 2.45) is 4.99 Å². The van der Waals surface area contributed by atoms with Crippen LogP contribution in [0.5, 0.6) is 5.75 Å². The van der Waals surface area contributed by atoms with Crippen LogP contribution >= 0.6 is 0 Å². The molecule has 0 aromatic heterocycles. The van der Waals surface area contributed by atoms with Crippen LogP contribution in [0, 0.1) is 6.92 Å². The summed E-state index contributed by atoms with van der Waals surface area (Å²) in [5.41, 5.74) is 1.26. The largest absolute Gasteiger partial charge is 0.494 e. The molecule has 0 heterocycles. The maximum atomic E-state index is 5.74. The molecule has 4 nitrogen and oxygen atoms in total. The lowest BCUT2D eigenvalue weighted by molar-refractivity contribution is 0.308. The number of unbranched alkanes of at least 4 members (excludes halogenated alkanes) is 1. The first-order valence-corrected chi connectivity index (χ1v) is 8.67. The molecule has 1 aromatic carbocycles. The Kier molecular flexibility index (Phi) is 7.50. The maximum Gasteiger partial charge on any atom is 0.191 e. The lowest BCUT2D eigenvalue weighted by Crippen LogP contribution is -2.42. The molecular formula is C19H29N3O. The summed E-state index contributed by atoms with van der Waals surface area (Å²) in [6.45, 7) is 6.64. The van der Waals surface area contributed by atoms with Gasteiger partial charge in [-0.1, -0.05) is 29.8 Å². The lowest BCUT2D eigenvalue weighted by atomic mass is 10.2. The molecule has 23 heavy (non-hydrogen) atoms. The first-order chi connectivity index (χ1) is 11.3. The van der Waals surface area contributed by atoms with Gasteiger partial charge in [0.15, 0.2) is 5.96 Å². The Balaban J connectivity index is 1.62. The molecule has 1 aromatic rings. The van der Waals surface area contributed by atoms with Crippen molar-refractivity contribution in [1.82, 2.24) is 10.6 Å². The fraction of sp³-hybridized carbons (Fsp3) is 0.526. The van der Waals surface area contributed by atoms with Crippen LogP contribution in [0.2, 0.25) is 0 Å². The molecule has 2 rings (SSSR count). The van der Waals surface area contributed by atoms with Crippen LogP contribution in [0.15, 0.2) is 41.4 Å². The molecule has 0 atom stereocenters.